The second-order valence-corrected chi connectivity index (χ2v) is 7.16. The average Bonchev–Trinajstić information content (AvgIpc) is 3.34. The summed E-state index contributed by atoms with van der Waals surface area (Å²) in [5, 5.41) is 10.9. The number of carbonyl (C=O) groups is 1. The van der Waals surface area contributed by atoms with Crippen LogP contribution in [-0.4, -0.2) is 20.7 Å². The normalized spacial score (nSPS) is 11.0. The van der Waals surface area contributed by atoms with E-state index in [9.17, 15) is 13.6 Å². The lowest BCUT2D eigenvalue weighted by molar-refractivity contribution is -0.121. The highest BCUT2D eigenvalue weighted by Crippen LogP contribution is 2.28. The maximum atomic E-state index is 13.8. The minimum atomic E-state index is -0.693. The molecule has 4 aromatic rings. The number of carbonyl (C=O) groups excluding carboxylic acids is 1. The fourth-order valence-corrected chi connectivity index (χ4v) is 3.35. The Morgan fingerprint density at radius 2 is 1.77 bits per heavy atom. The van der Waals surface area contributed by atoms with Crippen LogP contribution in [0, 0.1) is 25.5 Å². The van der Waals surface area contributed by atoms with Gasteiger partial charge in [0.2, 0.25) is 17.7 Å². The second kappa shape index (κ2) is 8.51. The van der Waals surface area contributed by atoms with Crippen LogP contribution in [0.4, 0.5) is 8.78 Å². The quantitative estimate of drug-likeness (QED) is 0.499. The van der Waals surface area contributed by atoms with Crippen LogP contribution >= 0.6 is 0 Å². The summed E-state index contributed by atoms with van der Waals surface area (Å²) in [4.78, 5) is 12.4. The van der Waals surface area contributed by atoms with Crippen LogP contribution in [0.5, 0.6) is 0 Å². The zero-order valence-electron chi connectivity index (χ0n) is 17.0. The molecule has 1 amide bonds. The monoisotopic (exact) mass is 422 g/mol. The summed E-state index contributed by atoms with van der Waals surface area (Å²) in [6.07, 6.45) is 0. The fourth-order valence-electron chi connectivity index (χ4n) is 3.35. The molecule has 0 bridgehead atoms. The van der Waals surface area contributed by atoms with Crippen molar-refractivity contribution in [3.63, 3.8) is 0 Å². The van der Waals surface area contributed by atoms with Gasteiger partial charge in [-0.2, -0.15) is 0 Å². The van der Waals surface area contributed by atoms with Crippen molar-refractivity contribution >= 4 is 5.91 Å². The predicted octanol–water partition coefficient (Wildman–Crippen LogP) is 4.42. The van der Waals surface area contributed by atoms with Crippen molar-refractivity contribution in [1.82, 2.24) is 20.1 Å². The summed E-state index contributed by atoms with van der Waals surface area (Å²) in [5.41, 5.74) is 3.42. The van der Waals surface area contributed by atoms with Crippen LogP contribution < -0.4 is 5.32 Å². The Balaban J connectivity index is 1.48. The highest BCUT2D eigenvalue weighted by molar-refractivity contribution is 5.76. The molecule has 0 radical (unpaired) electrons. The second-order valence-electron chi connectivity index (χ2n) is 7.16. The van der Waals surface area contributed by atoms with E-state index in [0.717, 1.165) is 34.6 Å². The van der Waals surface area contributed by atoms with Gasteiger partial charge >= 0.3 is 0 Å². The maximum absolute atomic E-state index is 13.8. The molecular weight excluding hydrogens is 402 g/mol. The number of hydrogen-bond acceptors (Lipinski definition) is 4. The molecule has 0 aliphatic carbocycles. The Labute approximate surface area is 177 Å². The van der Waals surface area contributed by atoms with Crippen LogP contribution in [-0.2, 0) is 17.9 Å². The fraction of sp³-hybridized carbons (Fsp3) is 0.174. The Bertz CT molecular complexity index is 1230. The zero-order chi connectivity index (χ0) is 22.0. The van der Waals surface area contributed by atoms with E-state index in [1.165, 1.54) is 6.07 Å². The molecule has 158 valence electrons. The maximum Gasteiger partial charge on any atom is 0.249 e. The summed E-state index contributed by atoms with van der Waals surface area (Å²) >= 11 is 0. The largest absolute Gasteiger partial charge is 0.416 e. The molecule has 4 rings (SSSR count). The van der Waals surface area contributed by atoms with Gasteiger partial charge in [-0.25, -0.2) is 8.78 Å². The van der Waals surface area contributed by atoms with Gasteiger partial charge in [0, 0.05) is 35.1 Å². The summed E-state index contributed by atoms with van der Waals surface area (Å²) < 4.78 is 34.4. The number of aryl methyl sites for hydroxylation is 1. The van der Waals surface area contributed by atoms with Crippen LogP contribution in [0.3, 0.4) is 0 Å². The number of amides is 1. The standard InChI is InChI=1S/C23H20F2N4O2/c1-14-10-19(23-28-27-22(31-23)16-6-4-3-5-7-16)15(2)29(14)13-21(30)26-12-17-8-9-18(24)11-20(17)25/h3-11H,12-13H2,1-2H3,(H,26,30). The van der Waals surface area contributed by atoms with Gasteiger partial charge in [0.05, 0.1) is 5.56 Å². The predicted molar refractivity (Wildman–Crippen MR) is 111 cm³/mol. The molecule has 2 aromatic carbocycles. The van der Waals surface area contributed by atoms with Gasteiger partial charge in [-0.15, -0.1) is 10.2 Å². The molecule has 0 saturated carbocycles. The van der Waals surface area contributed by atoms with Crippen molar-refractivity contribution in [2.75, 3.05) is 0 Å². The van der Waals surface area contributed by atoms with Gasteiger partial charge < -0.3 is 14.3 Å². The van der Waals surface area contributed by atoms with E-state index < -0.39 is 11.6 Å². The first-order valence-corrected chi connectivity index (χ1v) is 9.69. The van der Waals surface area contributed by atoms with Crippen molar-refractivity contribution in [3.05, 3.63) is 83.2 Å². The topological polar surface area (TPSA) is 73.0 Å². The molecule has 1 N–H and O–H groups in total. The molecule has 0 saturated heterocycles. The Morgan fingerprint density at radius 1 is 1.03 bits per heavy atom. The first-order valence-electron chi connectivity index (χ1n) is 9.69. The molecule has 2 aromatic heterocycles. The third-order valence-electron chi connectivity index (χ3n) is 5.04. The third-order valence-corrected chi connectivity index (χ3v) is 5.04. The van der Waals surface area contributed by atoms with Crippen LogP contribution in [0.2, 0.25) is 0 Å². The Hall–Kier alpha value is -3.81. The molecule has 2 heterocycles. The summed E-state index contributed by atoms with van der Waals surface area (Å²) in [6.45, 7) is 3.75. The lowest BCUT2D eigenvalue weighted by atomic mass is 10.2. The number of nitrogens with one attached hydrogen (secondary N) is 1. The van der Waals surface area contributed by atoms with Crippen molar-refractivity contribution in [2.45, 2.75) is 26.9 Å². The molecule has 0 atom stereocenters. The molecule has 31 heavy (non-hydrogen) atoms. The molecule has 6 nitrogen and oxygen atoms in total. The Kier molecular flexibility index (Phi) is 5.62. The zero-order valence-corrected chi connectivity index (χ0v) is 17.0. The van der Waals surface area contributed by atoms with Crippen LogP contribution in [0.1, 0.15) is 17.0 Å². The smallest absolute Gasteiger partial charge is 0.249 e. The summed E-state index contributed by atoms with van der Waals surface area (Å²) in [5.74, 6) is -0.865. The minimum absolute atomic E-state index is 0.0265. The first kappa shape index (κ1) is 20.5. The molecular formula is C23H20F2N4O2. The first-order chi connectivity index (χ1) is 14.9. The average molecular weight is 422 g/mol. The minimum Gasteiger partial charge on any atom is -0.416 e. The Morgan fingerprint density at radius 3 is 2.52 bits per heavy atom. The van der Waals surface area contributed by atoms with Gasteiger partial charge in [-0.05, 0) is 38.1 Å². The molecule has 0 unspecified atom stereocenters. The van der Waals surface area contributed by atoms with Gasteiger partial charge in [0.25, 0.3) is 0 Å². The molecule has 0 aliphatic heterocycles. The van der Waals surface area contributed by atoms with E-state index >= 15 is 0 Å². The van der Waals surface area contributed by atoms with Gasteiger partial charge in [0.1, 0.15) is 18.2 Å². The lowest BCUT2D eigenvalue weighted by Crippen LogP contribution is -2.28. The third kappa shape index (κ3) is 4.37. The van der Waals surface area contributed by atoms with E-state index in [-0.39, 0.29) is 24.6 Å². The van der Waals surface area contributed by atoms with Crippen molar-refractivity contribution < 1.29 is 18.0 Å². The number of halogens is 2. The summed E-state index contributed by atoms with van der Waals surface area (Å²) in [7, 11) is 0. The highest BCUT2D eigenvalue weighted by Gasteiger charge is 2.18. The van der Waals surface area contributed by atoms with E-state index in [0.29, 0.717) is 11.8 Å². The highest BCUT2D eigenvalue weighted by atomic mass is 19.1. The number of nitrogens with zero attached hydrogens (tertiary/aromatic N) is 3. The molecule has 0 fully saturated rings. The number of aromatic nitrogens is 3. The van der Waals surface area contributed by atoms with Gasteiger partial charge in [-0.1, -0.05) is 24.3 Å². The van der Waals surface area contributed by atoms with Crippen LogP contribution in [0.25, 0.3) is 22.9 Å². The van der Waals surface area contributed by atoms with E-state index in [2.05, 4.69) is 15.5 Å². The van der Waals surface area contributed by atoms with Crippen molar-refractivity contribution in [3.8, 4) is 22.9 Å². The van der Waals surface area contributed by atoms with E-state index in [1.807, 2.05) is 54.8 Å². The van der Waals surface area contributed by atoms with E-state index in [1.54, 1.807) is 0 Å². The number of rotatable bonds is 6. The van der Waals surface area contributed by atoms with Gasteiger partial charge in [0.15, 0.2) is 0 Å². The van der Waals surface area contributed by atoms with Crippen LogP contribution in [0.15, 0.2) is 59.0 Å². The number of benzene rings is 2. The molecule has 0 aliphatic rings. The molecule has 8 heteroatoms. The van der Waals surface area contributed by atoms with Crippen molar-refractivity contribution in [2.24, 2.45) is 0 Å². The summed E-state index contributed by atoms with van der Waals surface area (Å²) in [6, 6.07) is 14.6. The van der Waals surface area contributed by atoms with E-state index in [4.69, 9.17) is 4.42 Å². The number of hydrogen-bond donors (Lipinski definition) is 1. The van der Waals surface area contributed by atoms with Crippen molar-refractivity contribution in [1.29, 1.82) is 0 Å². The lowest BCUT2D eigenvalue weighted by Gasteiger charge is -2.11. The van der Waals surface area contributed by atoms with Gasteiger partial charge in [-0.3, -0.25) is 4.79 Å². The SMILES string of the molecule is Cc1cc(-c2nnc(-c3ccccc3)o2)c(C)n1CC(=O)NCc1ccc(F)cc1F. The molecule has 0 spiro atoms.